The quantitative estimate of drug-likeness (QED) is 0.733. The Balaban J connectivity index is 1.51. The van der Waals surface area contributed by atoms with E-state index in [0.717, 1.165) is 41.7 Å². The maximum Gasteiger partial charge on any atom is 0.231 e. The summed E-state index contributed by atoms with van der Waals surface area (Å²) in [6.45, 7) is 2.68. The van der Waals surface area contributed by atoms with Gasteiger partial charge in [-0.05, 0) is 13.3 Å². The highest BCUT2D eigenvalue weighted by molar-refractivity contribution is 7.09. The van der Waals surface area contributed by atoms with Crippen LogP contribution in [0.15, 0.2) is 16.2 Å². The molecule has 21 heavy (non-hydrogen) atoms. The average molecular weight is 302 g/mol. The van der Waals surface area contributed by atoms with Crippen molar-refractivity contribution >= 4 is 11.3 Å². The second-order valence-corrected chi connectivity index (χ2v) is 6.16. The van der Waals surface area contributed by atoms with Gasteiger partial charge in [-0.15, -0.1) is 11.3 Å². The highest BCUT2D eigenvalue weighted by atomic mass is 32.1. The molecule has 108 valence electrons. The van der Waals surface area contributed by atoms with Gasteiger partial charge in [-0.25, -0.2) is 9.67 Å². The van der Waals surface area contributed by atoms with Crippen LogP contribution in [0.2, 0.25) is 0 Å². The summed E-state index contributed by atoms with van der Waals surface area (Å²) in [6.07, 6.45) is 4.39. The van der Waals surface area contributed by atoms with Gasteiger partial charge in [0.25, 0.3) is 0 Å². The Labute approximate surface area is 125 Å². The zero-order valence-electron chi connectivity index (χ0n) is 11.6. The zero-order valence-corrected chi connectivity index (χ0v) is 12.4. The van der Waals surface area contributed by atoms with Crippen molar-refractivity contribution in [2.75, 3.05) is 0 Å². The van der Waals surface area contributed by atoms with Crippen molar-refractivity contribution in [1.82, 2.24) is 29.9 Å². The van der Waals surface area contributed by atoms with E-state index in [2.05, 4.69) is 25.2 Å². The van der Waals surface area contributed by atoms with Crippen LogP contribution in [0.5, 0.6) is 0 Å². The lowest BCUT2D eigenvalue weighted by molar-refractivity contribution is 0.306. The molecule has 0 bridgehead atoms. The number of aromatic nitrogens is 6. The topological polar surface area (TPSA) is 82.5 Å². The number of aryl methyl sites for hydroxylation is 2. The van der Waals surface area contributed by atoms with E-state index in [9.17, 15) is 0 Å². The Bertz CT molecular complexity index is 747. The molecule has 0 fully saturated rings. The molecule has 0 aromatic carbocycles. The van der Waals surface area contributed by atoms with Gasteiger partial charge >= 0.3 is 0 Å². The van der Waals surface area contributed by atoms with E-state index in [0.29, 0.717) is 12.3 Å². The molecule has 4 heterocycles. The summed E-state index contributed by atoms with van der Waals surface area (Å²) in [5.41, 5.74) is 1.81. The van der Waals surface area contributed by atoms with E-state index < -0.39 is 0 Å². The molecule has 1 aliphatic rings. The van der Waals surface area contributed by atoms with Crippen LogP contribution in [0.3, 0.4) is 0 Å². The zero-order chi connectivity index (χ0) is 14.2. The van der Waals surface area contributed by atoms with Gasteiger partial charge in [0.2, 0.25) is 5.89 Å². The summed E-state index contributed by atoms with van der Waals surface area (Å²) < 4.78 is 7.39. The molecule has 0 spiro atoms. The highest BCUT2D eigenvalue weighted by Gasteiger charge is 2.26. The highest BCUT2D eigenvalue weighted by Crippen LogP contribution is 2.27. The molecule has 0 saturated heterocycles. The number of nitrogens with zero attached hydrogens (tertiary/aromatic N) is 6. The smallest absolute Gasteiger partial charge is 0.231 e. The molecular weight excluding hydrogens is 288 g/mol. The van der Waals surface area contributed by atoms with Crippen LogP contribution >= 0.6 is 11.3 Å². The second-order valence-electron chi connectivity index (χ2n) is 5.19. The van der Waals surface area contributed by atoms with Gasteiger partial charge in [-0.3, -0.25) is 4.98 Å². The minimum absolute atomic E-state index is 0.223. The molecule has 0 amide bonds. The molecule has 1 unspecified atom stereocenters. The first kappa shape index (κ1) is 12.6. The maximum atomic E-state index is 5.44. The minimum atomic E-state index is 0.223. The Kier molecular flexibility index (Phi) is 3.03. The van der Waals surface area contributed by atoms with Crippen LogP contribution in [0, 0.1) is 6.92 Å². The van der Waals surface area contributed by atoms with E-state index in [4.69, 9.17) is 4.52 Å². The summed E-state index contributed by atoms with van der Waals surface area (Å²) >= 11 is 1.60. The molecule has 8 heteroatoms. The minimum Gasteiger partial charge on any atom is -0.339 e. The summed E-state index contributed by atoms with van der Waals surface area (Å²) in [5, 5.41) is 8.48. The monoisotopic (exact) mass is 302 g/mol. The third-order valence-electron chi connectivity index (χ3n) is 3.61. The SMILES string of the molecule is Cc1nc2n(n1)CC(c1nc(Cc3cncs3)no1)CC2. The van der Waals surface area contributed by atoms with Crippen molar-refractivity contribution < 1.29 is 4.52 Å². The van der Waals surface area contributed by atoms with Crippen molar-refractivity contribution in [2.24, 2.45) is 0 Å². The first-order chi connectivity index (χ1) is 10.3. The van der Waals surface area contributed by atoms with Crippen molar-refractivity contribution in [2.45, 2.75) is 38.6 Å². The number of hydrogen-bond donors (Lipinski definition) is 0. The predicted molar refractivity (Wildman–Crippen MR) is 75.0 cm³/mol. The molecule has 0 aliphatic carbocycles. The summed E-state index contributed by atoms with van der Waals surface area (Å²) in [7, 11) is 0. The van der Waals surface area contributed by atoms with Crippen LogP contribution in [-0.2, 0) is 19.4 Å². The van der Waals surface area contributed by atoms with Gasteiger partial charge in [0.15, 0.2) is 5.82 Å². The molecule has 3 aromatic rings. The van der Waals surface area contributed by atoms with Gasteiger partial charge in [0.1, 0.15) is 11.6 Å². The Morgan fingerprint density at radius 1 is 1.43 bits per heavy atom. The van der Waals surface area contributed by atoms with Crippen molar-refractivity contribution in [1.29, 1.82) is 0 Å². The Morgan fingerprint density at radius 2 is 2.38 bits per heavy atom. The summed E-state index contributed by atoms with van der Waals surface area (Å²) in [6, 6.07) is 0. The van der Waals surface area contributed by atoms with Gasteiger partial charge in [0, 0.05) is 23.9 Å². The number of thiazole rings is 1. The molecule has 7 nitrogen and oxygen atoms in total. The second kappa shape index (κ2) is 5.03. The summed E-state index contributed by atoms with van der Waals surface area (Å²) in [5.74, 6) is 3.51. The molecular formula is C13H14N6OS. The molecule has 0 saturated carbocycles. The summed E-state index contributed by atoms with van der Waals surface area (Å²) in [4.78, 5) is 14.1. The van der Waals surface area contributed by atoms with Crippen LogP contribution in [0.1, 0.15) is 40.6 Å². The predicted octanol–water partition coefficient (Wildman–Crippen LogP) is 1.75. The lowest BCUT2D eigenvalue weighted by atomic mass is 10.00. The fourth-order valence-corrected chi connectivity index (χ4v) is 3.22. The van der Waals surface area contributed by atoms with Crippen molar-refractivity contribution in [3.05, 3.63) is 39.9 Å². The molecule has 1 atom stereocenters. The van der Waals surface area contributed by atoms with Gasteiger partial charge < -0.3 is 4.52 Å². The fourth-order valence-electron chi connectivity index (χ4n) is 2.63. The largest absolute Gasteiger partial charge is 0.339 e. The lowest BCUT2D eigenvalue weighted by Gasteiger charge is -2.18. The van der Waals surface area contributed by atoms with E-state index in [-0.39, 0.29) is 5.92 Å². The standard InChI is InChI=1S/C13H14N6OS/c1-8-15-12-3-2-9(6-19(12)17-8)13-16-11(18-20-13)4-10-5-14-7-21-10/h5,7,9H,2-4,6H2,1H3. The van der Waals surface area contributed by atoms with E-state index in [1.165, 1.54) is 0 Å². The van der Waals surface area contributed by atoms with Crippen LogP contribution in [0.4, 0.5) is 0 Å². The number of rotatable bonds is 3. The first-order valence-electron chi connectivity index (χ1n) is 6.88. The van der Waals surface area contributed by atoms with Gasteiger partial charge in [0.05, 0.1) is 18.0 Å². The van der Waals surface area contributed by atoms with E-state index in [1.54, 1.807) is 11.3 Å². The van der Waals surface area contributed by atoms with Gasteiger partial charge in [-0.2, -0.15) is 10.1 Å². The van der Waals surface area contributed by atoms with Crippen molar-refractivity contribution in [3.63, 3.8) is 0 Å². The third-order valence-corrected chi connectivity index (χ3v) is 4.39. The van der Waals surface area contributed by atoms with E-state index in [1.807, 2.05) is 23.3 Å². The molecule has 0 radical (unpaired) electrons. The lowest BCUT2D eigenvalue weighted by Crippen LogP contribution is -2.20. The molecule has 1 aliphatic heterocycles. The maximum absolute atomic E-state index is 5.44. The van der Waals surface area contributed by atoms with Crippen LogP contribution < -0.4 is 0 Å². The Morgan fingerprint density at radius 3 is 3.24 bits per heavy atom. The van der Waals surface area contributed by atoms with Gasteiger partial charge in [-0.1, -0.05) is 5.16 Å². The fraction of sp³-hybridized carbons (Fsp3) is 0.462. The normalized spacial score (nSPS) is 17.9. The molecule has 0 N–H and O–H groups in total. The number of fused-ring (bicyclic) bond motifs is 1. The van der Waals surface area contributed by atoms with Crippen molar-refractivity contribution in [3.8, 4) is 0 Å². The molecule has 3 aromatic heterocycles. The Hall–Kier alpha value is -2.09. The molecule has 4 rings (SSSR count). The van der Waals surface area contributed by atoms with E-state index >= 15 is 0 Å². The first-order valence-corrected chi connectivity index (χ1v) is 7.76. The van der Waals surface area contributed by atoms with Crippen LogP contribution in [-0.4, -0.2) is 29.9 Å². The van der Waals surface area contributed by atoms with Crippen LogP contribution in [0.25, 0.3) is 0 Å². The number of hydrogen-bond acceptors (Lipinski definition) is 7. The third kappa shape index (κ3) is 2.46. The average Bonchev–Trinajstić information content (AvgIpc) is 3.18.